The summed E-state index contributed by atoms with van der Waals surface area (Å²) in [5.41, 5.74) is 1.08. The summed E-state index contributed by atoms with van der Waals surface area (Å²) in [4.78, 5) is 24.1. The first-order chi connectivity index (χ1) is 6.77. The van der Waals surface area contributed by atoms with Gasteiger partial charge in [0.2, 0.25) is 0 Å². The van der Waals surface area contributed by atoms with Crippen LogP contribution in [0.2, 0.25) is 0 Å². The second-order valence-corrected chi connectivity index (χ2v) is 5.39. The molecule has 1 rings (SSSR count). The van der Waals surface area contributed by atoms with E-state index in [0.29, 0.717) is 5.57 Å². The number of Topliss-reactive ketones (excluding diaryl/α,β-unsaturated/α-hetero) is 2. The smallest absolute Gasteiger partial charge is 0.171 e. The van der Waals surface area contributed by atoms with Gasteiger partial charge in [-0.25, -0.2) is 0 Å². The lowest BCUT2D eigenvalue weighted by Crippen LogP contribution is -2.34. The number of hydrogen-bond donors (Lipinski definition) is 0. The average Bonchev–Trinajstić information content (AvgIpc) is 2.12. The number of hydrogen-bond acceptors (Lipinski definition) is 2. The molecule has 0 radical (unpaired) electrons. The van der Waals surface area contributed by atoms with Crippen LogP contribution in [0.5, 0.6) is 0 Å². The van der Waals surface area contributed by atoms with Gasteiger partial charge in [0.15, 0.2) is 11.6 Å². The van der Waals surface area contributed by atoms with Crippen LogP contribution in [-0.4, -0.2) is 11.6 Å². The fourth-order valence-electron chi connectivity index (χ4n) is 1.88. The summed E-state index contributed by atoms with van der Waals surface area (Å²) in [6.45, 7) is 9.45. The Morgan fingerprint density at radius 3 is 2.33 bits per heavy atom. The number of rotatable bonds is 2. The lowest BCUT2D eigenvalue weighted by Gasteiger charge is -2.30. The van der Waals surface area contributed by atoms with Gasteiger partial charge in [-0.2, -0.15) is 0 Å². The molecule has 15 heavy (non-hydrogen) atoms. The first-order valence-electron chi connectivity index (χ1n) is 5.56. The highest BCUT2D eigenvalue weighted by Gasteiger charge is 2.38. The van der Waals surface area contributed by atoms with Crippen molar-refractivity contribution in [1.29, 1.82) is 0 Å². The molecule has 0 aromatic rings. The van der Waals surface area contributed by atoms with Crippen molar-refractivity contribution in [1.82, 2.24) is 0 Å². The third-order valence-electron chi connectivity index (χ3n) is 3.16. The van der Waals surface area contributed by atoms with Crippen molar-refractivity contribution in [3.63, 3.8) is 0 Å². The summed E-state index contributed by atoms with van der Waals surface area (Å²) >= 11 is 0. The van der Waals surface area contributed by atoms with Crippen LogP contribution in [0.15, 0.2) is 11.1 Å². The number of carbonyl (C=O) groups excluding carboxylic acids is 2. The van der Waals surface area contributed by atoms with Crippen molar-refractivity contribution < 1.29 is 9.59 Å². The Bertz CT molecular complexity index is 332. The van der Waals surface area contributed by atoms with Crippen molar-refractivity contribution in [3.05, 3.63) is 11.1 Å². The van der Waals surface area contributed by atoms with E-state index in [0.717, 1.165) is 18.4 Å². The predicted molar refractivity (Wildman–Crippen MR) is 60.6 cm³/mol. The molecule has 0 unspecified atom stereocenters. The van der Waals surface area contributed by atoms with Crippen LogP contribution in [0.1, 0.15) is 47.5 Å². The molecule has 0 bridgehead atoms. The van der Waals surface area contributed by atoms with Crippen molar-refractivity contribution in [3.8, 4) is 0 Å². The fraction of sp³-hybridized carbons (Fsp3) is 0.692. The highest BCUT2D eigenvalue weighted by Crippen LogP contribution is 2.36. The van der Waals surface area contributed by atoms with Gasteiger partial charge < -0.3 is 0 Å². The second kappa shape index (κ2) is 3.92. The van der Waals surface area contributed by atoms with Crippen LogP contribution < -0.4 is 0 Å². The van der Waals surface area contributed by atoms with Crippen molar-refractivity contribution in [2.45, 2.75) is 47.5 Å². The fourth-order valence-corrected chi connectivity index (χ4v) is 1.88. The third-order valence-corrected chi connectivity index (χ3v) is 3.16. The number of allylic oxidation sites excluding steroid dienone is 2. The zero-order valence-electron chi connectivity index (χ0n) is 10.3. The van der Waals surface area contributed by atoms with Crippen LogP contribution in [0.3, 0.4) is 0 Å². The molecule has 1 aliphatic carbocycles. The van der Waals surface area contributed by atoms with E-state index in [1.807, 2.05) is 34.6 Å². The van der Waals surface area contributed by atoms with Gasteiger partial charge in [-0.15, -0.1) is 0 Å². The van der Waals surface area contributed by atoms with E-state index in [4.69, 9.17) is 0 Å². The molecular formula is C13H20O2. The molecule has 0 spiro atoms. The largest absolute Gasteiger partial charge is 0.294 e. The normalized spacial score (nSPS) is 21.1. The van der Waals surface area contributed by atoms with E-state index in [-0.39, 0.29) is 22.9 Å². The van der Waals surface area contributed by atoms with E-state index >= 15 is 0 Å². The summed E-state index contributed by atoms with van der Waals surface area (Å²) in [5.74, 6) is -0.0528. The molecule has 0 saturated heterocycles. The molecule has 0 aromatic heterocycles. The van der Waals surface area contributed by atoms with E-state index < -0.39 is 0 Å². The van der Waals surface area contributed by atoms with E-state index in [1.54, 1.807) is 0 Å². The topological polar surface area (TPSA) is 34.1 Å². The minimum atomic E-state index is -0.362. The predicted octanol–water partition coefficient (Wildman–Crippen LogP) is 2.92. The van der Waals surface area contributed by atoms with Crippen molar-refractivity contribution in [2.24, 2.45) is 11.3 Å². The first-order valence-corrected chi connectivity index (χ1v) is 5.56. The van der Waals surface area contributed by atoms with Gasteiger partial charge in [0.1, 0.15) is 0 Å². The Kier molecular flexibility index (Phi) is 3.17. The SMILES string of the molecule is CC1=C(C(=O)C(C)C)C(=O)C(C)(C)CC1. The number of ketones is 2. The highest BCUT2D eigenvalue weighted by molar-refractivity contribution is 6.23. The molecule has 84 valence electrons. The Morgan fingerprint density at radius 1 is 1.33 bits per heavy atom. The van der Waals surface area contributed by atoms with Gasteiger partial charge in [0, 0.05) is 11.3 Å². The monoisotopic (exact) mass is 208 g/mol. The molecule has 0 atom stereocenters. The molecule has 0 amide bonds. The Labute approximate surface area is 91.7 Å². The van der Waals surface area contributed by atoms with E-state index in [2.05, 4.69) is 0 Å². The van der Waals surface area contributed by atoms with Gasteiger partial charge in [-0.3, -0.25) is 9.59 Å². The summed E-state index contributed by atoms with van der Waals surface area (Å²) in [6, 6.07) is 0. The molecule has 1 aliphatic rings. The first kappa shape index (κ1) is 12.2. The zero-order chi connectivity index (χ0) is 11.8. The maximum absolute atomic E-state index is 12.1. The Hall–Kier alpha value is -0.920. The van der Waals surface area contributed by atoms with Crippen LogP contribution in [0, 0.1) is 11.3 Å². The molecule has 0 heterocycles. The maximum Gasteiger partial charge on any atom is 0.171 e. The molecule has 2 heteroatoms. The van der Waals surface area contributed by atoms with Crippen molar-refractivity contribution >= 4 is 11.6 Å². The summed E-state index contributed by atoms with van der Waals surface area (Å²) in [6.07, 6.45) is 1.72. The van der Waals surface area contributed by atoms with Gasteiger partial charge in [0.25, 0.3) is 0 Å². The average molecular weight is 208 g/mol. The number of carbonyl (C=O) groups is 2. The van der Waals surface area contributed by atoms with Crippen LogP contribution >= 0.6 is 0 Å². The van der Waals surface area contributed by atoms with Crippen molar-refractivity contribution in [2.75, 3.05) is 0 Å². The van der Waals surface area contributed by atoms with Gasteiger partial charge in [0.05, 0.1) is 5.57 Å². The summed E-state index contributed by atoms with van der Waals surface area (Å²) in [7, 11) is 0. The lowest BCUT2D eigenvalue weighted by atomic mass is 9.71. The molecule has 2 nitrogen and oxygen atoms in total. The maximum atomic E-state index is 12.1. The van der Waals surface area contributed by atoms with E-state index in [1.165, 1.54) is 0 Å². The molecule has 0 saturated carbocycles. The minimum Gasteiger partial charge on any atom is -0.294 e. The molecule has 0 fully saturated rings. The van der Waals surface area contributed by atoms with Crippen LogP contribution in [0.4, 0.5) is 0 Å². The summed E-state index contributed by atoms with van der Waals surface area (Å²) < 4.78 is 0. The third kappa shape index (κ3) is 2.19. The quantitative estimate of drug-likeness (QED) is 0.654. The molecule has 0 aromatic carbocycles. The highest BCUT2D eigenvalue weighted by atomic mass is 16.2. The Morgan fingerprint density at radius 2 is 1.87 bits per heavy atom. The van der Waals surface area contributed by atoms with Crippen LogP contribution in [-0.2, 0) is 9.59 Å². The molecular weight excluding hydrogens is 188 g/mol. The summed E-state index contributed by atoms with van der Waals surface area (Å²) in [5, 5.41) is 0. The van der Waals surface area contributed by atoms with Gasteiger partial charge >= 0.3 is 0 Å². The minimum absolute atomic E-state index is 0.00488. The van der Waals surface area contributed by atoms with Crippen LogP contribution in [0.25, 0.3) is 0 Å². The molecule has 0 aliphatic heterocycles. The zero-order valence-corrected chi connectivity index (χ0v) is 10.3. The van der Waals surface area contributed by atoms with Gasteiger partial charge in [-0.1, -0.05) is 33.3 Å². The van der Waals surface area contributed by atoms with Gasteiger partial charge in [-0.05, 0) is 19.8 Å². The lowest BCUT2D eigenvalue weighted by molar-refractivity contribution is -0.128. The van der Waals surface area contributed by atoms with E-state index in [9.17, 15) is 9.59 Å². The standard InChI is InChI=1S/C13H20O2/c1-8(2)11(14)10-9(3)6-7-13(4,5)12(10)15/h8H,6-7H2,1-5H3. The second-order valence-electron chi connectivity index (χ2n) is 5.39. The Balaban J connectivity index is 3.14. The molecule has 0 N–H and O–H groups in total.